The second kappa shape index (κ2) is 9.70. The van der Waals surface area contributed by atoms with Crippen molar-refractivity contribution < 1.29 is 9.47 Å². The quantitative estimate of drug-likeness (QED) is 0.591. The number of ether oxygens (including phenoxy) is 2. The smallest absolute Gasteiger partial charge is 0.191 e. The maximum absolute atomic E-state index is 5.44. The van der Waals surface area contributed by atoms with Crippen molar-refractivity contribution in [3.05, 3.63) is 58.7 Å². The zero-order valence-corrected chi connectivity index (χ0v) is 16.3. The average molecular weight is 355 g/mol. The lowest BCUT2D eigenvalue weighted by Gasteiger charge is -2.14. The Hall–Kier alpha value is -2.69. The summed E-state index contributed by atoms with van der Waals surface area (Å²) in [6.45, 7) is 5.59. The summed E-state index contributed by atoms with van der Waals surface area (Å²) in [4.78, 5) is 4.29. The van der Waals surface area contributed by atoms with Gasteiger partial charge in [0.25, 0.3) is 0 Å². The van der Waals surface area contributed by atoms with Gasteiger partial charge in [0, 0.05) is 20.1 Å². The molecular formula is C21H29N3O2. The highest BCUT2D eigenvalue weighted by Crippen LogP contribution is 2.20. The zero-order valence-electron chi connectivity index (χ0n) is 16.3. The Morgan fingerprint density at radius 3 is 2.42 bits per heavy atom. The Morgan fingerprint density at radius 2 is 1.73 bits per heavy atom. The molecular weight excluding hydrogens is 326 g/mol. The number of hydrogen-bond acceptors (Lipinski definition) is 3. The van der Waals surface area contributed by atoms with Crippen molar-refractivity contribution in [2.24, 2.45) is 4.99 Å². The Bertz CT molecular complexity index is 757. The van der Waals surface area contributed by atoms with Crippen LogP contribution in [-0.2, 0) is 13.0 Å². The first-order valence-corrected chi connectivity index (χ1v) is 8.79. The fourth-order valence-electron chi connectivity index (χ4n) is 2.80. The largest absolute Gasteiger partial charge is 0.496 e. The van der Waals surface area contributed by atoms with E-state index in [0.717, 1.165) is 41.6 Å². The third-order valence-electron chi connectivity index (χ3n) is 4.28. The summed E-state index contributed by atoms with van der Waals surface area (Å²) in [6.07, 6.45) is 0.865. The summed E-state index contributed by atoms with van der Waals surface area (Å²) in [7, 11) is 5.18. The number of nitrogens with zero attached hydrogens (tertiary/aromatic N) is 1. The lowest BCUT2D eigenvalue weighted by molar-refractivity contribution is 0.409. The Morgan fingerprint density at radius 1 is 0.962 bits per heavy atom. The van der Waals surface area contributed by atoms with E-state index in [1.165, 1.54) is 11.1 Å². The summed E-state index contributed by atoms with van der Waals surface area (Å²) in [5.41, 5.74) is 4.71. The topological polar surface area (TPSA) is 54.9 Å². The van der Waals surface area contributed by atoms with E-state index in [4.69, 9.17) is 9.47 Å². The SMILES string of the molecule is CN=C(NCCc1cc(C)ccc1OC)NCc1ccc(C)c(OC)c1. The Balaban J connectivity index is 1.88. The van der Waals surface area contributed by atoms with E-state index >= 15 is 0 Å². The molecule has 5 nitrogen and oxygen atoms in total. The lowest BCUT2D eigenvalue weighted by atomic mass is 10.1. The summed E-state index contributed by atoms with van der Waals surface area (Å²) < 4.78 is 10.8. The van der Waals surface area contributed by atoms with Gasteiger partial charge in [-0.3, -0.25) is 4.99 Å². The molecule has 0 bridgehead atoms. The first-order chi connectivity index (χ1) is 12.6. The third-order valence-corrected chi connectivity index (χ3v) is 4.28. The number of rotatable bonds is 7. The minimum atomic E-state index is 0.685. The summed E-state index contributed by atoms with van der Waals surface area (Å²) >= 11 is 0. The number of aliphatic imine (C=N–C) groups is 1. The van der Waals surface area contributed by atoms with E-state index in [0.29, 0.717) is 6.54 Å². The molecule has 0 aliphatic rings. The molecule has 2 aromatic rings. The van der Waals surface area contributed by atoms with E-state index in [-0.39, 0.29) is 0 Å². The van der Waals surface area contributed by atoms with Gasteiger partial charge in [-0.2, -0.15) is 0 Å². The highest BCUT2D eigenvalue weighted by Gasteiger charge is 2.05. The monoisotopic (exact) mass is 355 g/mol. The second-order valence-corrected chi connectivity index (χ2v) is 6.22. The first kappa shape index (κ1) is 19.6. The normalized spacial score (nSPS) is 11.2. The first-order valence-electron chi connectivity index (χ1n) is 8.79. The molecule has 0 aromatic heterocycles. The summed E-state index contributed by atoms with van der Waals surface area (Å²) in [5.74, 6) is 2.60. The molecule has 0 fully saturated rings. The van der Waals surface area contributed by atoms with E-state index in [2.05, 4.69) is 46.8 Å². The van der Waals surface area contributed by atoms with Crippen molar-refractivity contribution in [3.8, 4) is 11.5 Å². The molecule has 0 spiro atoms. The fourth-order valence-corrected chi connectivity index (χ4v) is 2.80. The number of benzene rings is 2. The van der Waals surface area contributed by atoms with Crippen LogP contribution in [0.3, 0.4) is 0 Å². The number of aryl methyl sites for hydroxylation is 2. The highest BCUT2D eigenvalue weighted by molar-refractivity contribution is 5.79. The number of nitrogens with one attached hydrogen (secondary N) is 2. The minimum Gasteiger partial charge on any atom is -0.496 e. The van der Waals surface area contributed by atoms with Crippen LogP contribution in [0.4, 0.5) is 0 Å². The minimum absolute atomic E-state index is 0.685. The van der Waals surface area contributed by atoms with Crippen LogP contribution in [0.1, 0.15) is 22.3 Å². The number of hydrogen-bond donors (Lipinski definition) is 2. The Labute approximate surface area is 156 Å². The third kappa shape index (κ3) is 5.41. The molecule has 0 amide bonds. The maximum atomic E-state index is 5.44. The van der Waals surface area contributed by atoms with Crippen LogP contribution in [0, 0.1) is 13.8 Å². The van der Waals surface area contributed by atoms with Gasteiger partial charge in [0.1, 0.15) is 11.5 Å². The summed E-state index contributed by atoms with van der Waals surface area (Å²) in [5, 5.41) is 6.69. The van der Waals surface area contributed by atoms with Crippen molar-refractivity contribution in [3.63, 3.8) is 0 Å². The summed E-state index contributed by atoms with van der Waals surface area (Å²) in [6, 6.07) is 12.4. The molecule has 0 aliphatic heterocycles. The van der Waals surface area contributed by atoms with Crippen molar-refractivity contribution in [2.45, 2.75) is 26.8 Å². The van der Waals surface area contributed by atoms with Gasteiger partial charge in [-0.1, -0.05) is 29.8 Å². The molecule has 0 radical (unpaired) electrons. The van der Waals surface area contributed by atoms with E-state index in [1.807, 2.05) is 19.1 Å². The van der Waals surface area contributed by atoms with Gasteiger partial charge in [0.15, 0.2) is 5.96 Å². The molecule has 0 aliphatic carbocycles. The molecule has 0 saturated carbocycles. The maximum Gasteiger partial charge on any atom is 0.191 e. The standard InChI is InChI=1S/C21H29N3O2/c1-15-6-9-19(25-4)18(12-15)10-11-23-21(22-3)24-14-17-8-7-16(2)20(13-17)26-5/h6-9,12-13H,10-11,14H2,1-5H3,(H2,22,23,24). The van der Waals surface area contributed by atoms with Gasteiger partial charge in [0.2, 0.25) is 0 Å². The number of guanidine groups is 1. The van der Waals surface area contributed by atoms with Crippen LogP contribution in [0.5, 0.6) is 11.5 Å². The molecule has 26 heavy (non-hydrogen) atoms. The van der Waals surface area contributed by atoms with Crippen LogP contribution in [0.15, 0.2) is 41.4 Å². The van der Waals surface area contributed by atoms with Crippen LogP contribution >= 0.6 is 0 Å². The zero-order chi connectivity index (χ0) is 18.9. The molecule has 0 atom stereocenters. The van der Waals surface area contributed by atoms with Gasteiger partial charge in [-0.25, -0.2) is 0 Å². The van der Waals surface area contributed by atoms with Gasteiger partial charge < -0.3 is 20.1 Å². The molecule has 5 heteroatoms. The van der Waals surface area contributed by atoms with Crippen LogP contribution in [0.25, 0.3) is 0 Å². The van der Waals surface area contributed by atoms with Gasteiger partial charge in [-0.05, 0) is 49.1 Å². The predicted octanol–water partition coefficient (Wildman–Crippen LogP) is 3.23. The van der Waals surface area contributed by atoms with Gasteiger partial charge in [-0.15, -0.1) is 0 Å². The molecule has 2 rings (SSSR count). The van der Waals surface area contributed by atoms with Crippen molar-refractivity contribution in [2.75, 3.05) is 27.8 Å². The van der Waals surface area contributed by atoms with E-state index in [9.17, 15) is 0 Å². The van der Waals surface area contributed by atoms with Crippen LogP contribution in [-0.4, -0.2) is 33.8 Å². The van der Waals surface area contributed by atoms with E-state index in [1.54, 1.807) is 21.3 Å². The fraction of sp³-hybridized carbons (Fsp3) is 0.381. The Kier molecular flexibility index (Phi) is 7.33. The van der Waals surface area contributed by atoms with Crippen molar-refractivity contribution >= 4 is 5.96 Å². The molecule has 0 saturated heterocycles. The molecule has 0 unspecified atom stereocenters. The molecule has 2 aromatic carbocycles. The van der Waals surface area contributed by atoms with Crippen LogP contribution in [0.2, 0.25) is 0 Å². The van der Waals surface area contributed by atoms with E-state index < -0.39 is 0 Å². The predicted molar refractivity (Wildman–Crippen MR) is 107 cm³/mol. The van der Waals surface area contributed by atoms with Crippen molar-refractivity contribution in [1.29, 1.82) is 0 Å². The molecule has 0 heterocycles. The highest BCUT2D eigenvalue weighted by atomic mass is 16.5. The molecule has 2 N–H and O–H groups in total. The molecule has 140 valence electrons. The second-order valence-electron chi connectivity index (χ2n) is 6.22. The lowest BCUT2D eigenvalue weighted by Crippen LogP contribution is -2.37. The van der Waals surface area contributed by atoms with Gasteiger partial charge in [0.05, 0.1) is 14.2 Å². The van der Waals surface area contributed by atoms with Crippen LogP contribution < -0.4 is 20.1 Å². The average Bonchev–Trinajstić information content (AvgIpc) is 2.65. The van der Waals surface area contributed by atoms with Gasteiger partial charge >= 0.3 is 0 Å². The number of methoxy groups -OCH3 is 2. The van der Waals surface area contributed by atoms with Crippen molar-refractivity contribution in [1.82, 2.24) is 10.6 Å².